The first-order valence-electron chi connectivity index (χ1n) is 6.83. The Bertz CT molecular complexity index is 431. The van der Waals surface area contributed by atoms with Crippen molar-refractivity contribution in [2.24, 2.45) is 5.41 Å². The van der Waals surface area contributed by atoms with E-state index in [1.165, 1.54) is 11.1 Å². The summed E-state index contributed by atoms with van der Waals surface area (Å²) in [5.41, 5.74) is 2.92. The Kier molecular flexibility index (Phi) is 3.74. The monoisotopic (exact) mass is 245 g/mol. The van der Waals surface area contributed by atoms with Crippen LogP contribution in [0.2, 0.25) is 0 Å². The Morgan fingerprint density at radius 1 is 1.33 bits per heavy atom. The Labute approximate surface area is 110 Å². The van der Waals surface area contributed by atoms with Gasteiger partial charge in [0.1, 0.15) is 0 Å². The van der Waals surface area contributed by atoms with E-state index in [9.17, 15) is 4.79 Å². The maximum atomic E-state index is 11.9. The summed E-state index contributed by atoms with van der Waals surface area (Å²) in [6, 6.07) is 8.66. The third-order valence-corrected chi connectivity index (χ3v) is 3.57. The molecule has 0 radical (unpaired) electrons. The summed E-state index contributed by atoms with van der Waals surface area (Å²) in [5, 5.41) is 3.17. The number of hydrogen-bond donors (Lipinski definition) is 1. The fourth-order valence-corrected chi connectivity index (χ4v) is 2.46. The van der Waals surface area contributed by atoms with Crippen molar-refractivity contribution in [3.63, 3.8) is 0 Å². The summed E-state index contributed by atoms with van der Waals surface area (Å²) in [6.45, 7) is 6.52. The van der Waals surface area contributed by atoms with E-state index in [1.807, 2.05) is 0 Å². The molecule has 2 rings (SSSR count). The van der Waals surface area contributed by atoms with Gasteiger partial charge in [0, 0.05) is 6.42 Å². The third kappa shape index (κ3) is 3.34. The number of aryl methyl sites for hydroxylation is 1. The molecule has 1 aromatic carbocycles. The van der Waals surface area contributed by atoms with Gasteiger partial charge < -0.3 is 5.32 Å². The number of hydrogen-bond acceptors (Lipinski definition) is 1. The molecular weight excluding hydrogens is 222 g/mol. The lowest BCUT2D eigenvalue weighted by molar-refractivity contribution is -0.122. The molecule has 1 amide bonds. The van der Waals surface area contributed by atoms with Gasteiger partial charge in [-0.15, -0.1) is 0 Å². The van der Waals surface area contributed by atoms with Crippen LogP contribution in [0.25, 0.3) is 0 Å². The van der Waals surface area contributed by atoms with Crippen LogP contribution in [0.5, 0.6) is 0 Å². The molecule has 0 saturated carbocycles. The highest BCUT2D eigenvalue weighted by Gasteiger charge is 2.23. The molecule has 0 heterocycles. The van der Waals surface area contributed by atoms with Crippen molar-refractivity contribution in [3.05, 3.63) is 35.4 Å². The minimum Gasteiger partial charge on any atom is -0.349 e. The van der Waals surface area contributed by atoms with Gasteiger partial charge in [0.2, 0.25) is 5.91 Å². The first-order valence-corrected chi connectivity index (χ1v) is 6.83. The summed E-state index contributed by atoms with van der Waals surface area (Å²) >= 11 is 0. The number of benzene rings is 1. The van der Waals surface area contributed by atoms with Crippen molar-refractivity contribution in [1.29, 1.82) is 0 Å². The third-order valence-electron chi connectivity index (χ3n) is 3.57. The second-order valence-electron chi connectivity index (χ2n) is 6.42. The van der Waals surface area contributed by atoms with E-state index < -0.39 is 0 Å². The molecule has 0 bridgehead atoms. The maximum absolute atomic E-state index is 11.9. The quantitative estimate of drug-likeness (QED) is 0.866. The highest BCUT2D eigenvalue weighted by atomic mass is 16.1. The van der Waals surface area contributed by atoms with Gasteiger partial charge in [-0.25, -0.2) is 0 Å². The topological polar surface area (TPSA) is 29.1 Å². The summed E-state index contributed by atoms with van der Waals surface area (Å²) in [4.78, 5) is 11.9. The summed E-state index contributed by atoms with van der Waals surface area (Å²) in [7, 11) is 0. The standard InChI is InChI=1S/C16H23NO/c1-16(2,3)11-10-15(18)17-14-9-8-12-6-4-5-7-13(12)14/h4-7,14H,8-11H2,1-3H3,(H,17,18). The Balaban J connectivity index is 1.90. The van der Waals surface area contributed by atoms with Crippen molar-refractivity contribution in [1.82, 2.24) is 5.32 Å². The van der Waals surface area contributed by atoms with Gasteiger partial charge >= 0.3 is 0 Å². The van der Waals surface area contributed by atoms with Crippen LogP contribution in [0.1, 0.15) is 57.2 Å². The minimum atomic E-state index is 0.187. The smallest absolute Gasteiger partial charge is 0.220 e. The van der Waals surface area contributed by atoms with Gasteiger partial charge in [0.25, 0.3) is 0 Å². The SMILES string of the molecule is CC(C)(C)CCC(=O)NC1CCc2ccccc21. The molecule has 1 N–H and O–H groups in total. The lowest BCUT2D eigenvalue weighted by Gasteiger charge is -2.19. The lowest BCUT2D eigenvalue weighted by atomic mass is 9.90. The molecule has 0 fully saturated rings. The normalized spacial score (nSPS) is 18.5. The lowest BCUT2D eigenvalue weighted by Crippen LogP contribution is -2.27. The molecule has 18 heavy (non-hydrogen) atoms. The predicted octanol–water partition coefficient (Wildman–Crippen LogP) is 3.62. The van der Waals surface area contributed by atoms with E-state index in [4.69, 9.17) is 0 Å². The predicted molar refractivity (Wildman–Crippen MR) is 74.3 cm³/mol. The number of amides is 1. The van der Waals surface area contributed by atoms with Crippen LogP contribution in [0.15, 0.2) is 24.3 Å². The Morgan fingerprint density at radius 3 is 2.78 bits per heavy atom. The van der Waals surface area contributed by atoms with E-state index in [-0.39, 0.29) is 17.4 Å². The van der Waals surface area contributed by atoms with E-state index >= 15 is 0 Å². The maximum Gasteiger partial charge on any atom is 0.220 e. The summed E-state index contributed by atoms with van der Waals surface area (Å²) in [5.74, 6) is 0.187. The molecule has 2 nitrogen and oxygen atoms in total. The molecule has 98 valence electrons. The van der Waals surface area contributed by atoms with E-state index in [0.717, 1.165) is 19.3 Å². The zero-order chi connectivity index (χ0) is 13.2. The molecule has 1 atom stereocenters. The van der Waals surface area contributed by atoms with Crippen molar-refractivity contribution >= 4 is 5.91 Å². The van der Waals surface area contributed by atoms with Crippen LogP contribution >= 0.6 is 0 Å². The first-order chi connectivity index (χ1) is 8.46. The largest absolute Gasteiger partial charge is 0.349 e. The van der Waals surface area contributed by atoms with Crippen LogP contribution in [-0.4, -0.2) is 5.91 Å². The Hall–Kier alpha value is -1.31. The van der Waals surface area contributed by atoms with Crippen molar-refractivity contribution in [3.8, 4) is 0 Å². The molecule has 0 spiro atoms. The van der Waals surface area contributed by atoms with Gasteiger partial charge in [-0.05, 0) is 35.8 Å². The van der Waals surface area contributed by atoms with Gasteiger partial charge in [-0.2, -0.15) is 0 Å². The van der Waals surface area contributed by atoms with Crippen LogP contribution in [-0.2, 0) is 11.2 Å². The summed E-state index contributed by atoms with van der Waals surface area (Å²) in [6.07, 6.45) is 3.69. The molecule has 2 heteroatoms. The van der Waals surface area contributed by atoms with Crippen LogP contribution in [0.4, 0.5) is 0 Å². The minimum absolute atomic E-state index is 0.187. The molecule has 1 aromatic rings. The molecule has 1 unspecified atom stereocenters. The van der Waals surface area contributed by atoms with Crippen LogP contribution in [0, 0.1) is 5.41 Å². The van der Waals surface area contributed by atoms with E-state index in [2.05, 4.69) is 50.4 Å². The number of carbonyl (C=O) groups excluding carboxylic acids is 1. The van der Waals surface area contributed by atoms with Gasteiger partial charge in [-0.3, -0.25) is 4.79 Å². The van der Waals surface area contributed by atoms with Gasteiger partial charge in [0.15, 0.2) is 0 Å². The molecular formula is C16H23NO. The fourth-order valence-electron chi connectivity index (χ4n) is 2.46. The van der Waals surface area contributed by atoms with Crippen molar-refractivity contribution < 1.29 is 4.79 Å². The Morgan fingerprint density at radius 2 is 2.06 bits per heavy atom. The number of carbonyl (C=O) groups is 1. The van der Waals surface area contributed by atoms with Crippen LogP contribution in [0.3, 0.4) is 0 Å². The van der Waals surface area contributed by atoms with E-state index in [1.54, 1.807) is 0 Å². The van der Waals surface area contributed by atoms with Crippen molar-refractivity contribution in [2.75, 3.05) is 0 Å². The highest BCUT2D eigenvalue weighted by molar-refractivity contribution is 5.76. The number of nitrogens with one attached hydrogen (secondary N) is 1. The van der Waals surface area contributed by atoms with Gasteiger partial charge in [0.05, 0.1) is 6.04 Å². The van der Waals surface area contributed by atoms with Crippen LogP contribution < -0.4 is 5.32 Å². The average molecular weight is 245 g/mol. The molecule has 0 aromatic heterocycles. The average Bonchev–Trinajstić information content (AvgIpc) is 2.70. The molecule has 1 aliphatic carbocycles. The zero-order valence-electron chi connectivity index (χ0n) is 11.6. The second kappa shape index (κ2) is 5.13. The van der Waals surface area contributed by atoms with Gasteiger partial charge in [-0.1, -0.05) is 45.0 Å². The number of rotatable bonds is 3. The highest BCUT2D eigenvalue weighted by Crippen LogP contribution is 2.31. The number of fused-ring (bicyclic) bond motifs is 1. The zero-order valence-corrected chi connectivity index (χ0v) is 11.6. The molecule has 0 saturated heterocycles. The van der Waals surface area contributed by atoms with Crippen molar-refractivity contribution in [2.45, 2.75) is 52.5 Å². The van der Waals surface area contributed by atoms with E-state index in [0.29, 0.717) is 6.42 Å². The summed E-state index contributed by atoms with van der Waals surface area (Å²) < 4.78 is 0. The fraction of sp³-hybridized carbons (Fsp3) is 0.562. The molecule has 1 aliphatic rings. The molecule has 0 aliphatic heterocycles. The second-order valence-corrected chi connectivity index (χ2v) is 6.42. The first kappa shape index (κ1) is 13.1.